The maximum absolute atomic E-state index is 15.6. The van der Waals surface area contributed by atoms with Crippen LogP contribution in [0.25, 0.3) is 22.1 Å². The first kappa shape index (κ1) is 102. The fourth-order valence-electron chi connectivity index (χ4n) is 20.7. The number of anilines is 4. The van der Waals surface area contributed by atoms with E-state index in [4.69, 9.17) is 113 Å². The number of hydrogen-bond donors (Lipinski definition) is 5. The molecule has 5 atom stereocenters. The number of aryl methyl sites for hydroxylation is 4. The Morgan fingerprint density at radius 2 is 0.719 bits per heavy atom. The molecule has 0 radical (unpaired) electrons. The van der Waals surface area contributed by atoms with Gasteiger partial charge in [-0.25, -0.2) is 57.4 Å². The van der Waals surface area contributed by atoms with Crippen LogP contribution in [-0.4, -0.2) is 179 Å². The number of piperidine rings is 2. The molecule has 3 saturated heterocycles. The maximum Gasteiger partial charge on any atom is 0.260 e. The number of nitrogens with one attached hydrogen (secondary N) is 1. The van der Waals surface area contributed by atoms with Gasteiger partial charge in [-0.1, -0.05) is 100 Å². The number of nitrogens with zero attached hydrogens (tertiary/aromatic N) is 15. The number of carbonyl (C=O) groups is 4. The molecule has 742 valence electrons. The second-order valence-corrected chi connectivity index (χ2v) is 40.9. The highest BCUT2D eigenvalue weighted by Crippen LogP contribution is 2.52. The van der Waals surface area contributed by atoms with E-state index in [0.717, 1.165) is 68.4 Å². The Morgan fingerprint density at radius 1 is 0.417 bits per heavy atom. The van der Waals surface area contributed by atoms with Gasteiger partial charge in [0.2, 0.25) is 0 Å². The number of likely N-dealkylation sites (tertiary alicyclic amines) is 3. The summed E-state index contributed by atoms with van der Waals surface area (Å²) in [4.78, 5) is 94.9. The summed E-state index contributed by atoms with van der Waals surface area (Å²) in [6, 6.07) is 6.16. The number of benzene rings is 4. The van der Waals surface area contributed by atoms with Crippen molar-refractivity contribution in [3.63, 3.8) is 0 Å². The third kappa shape index (κ3) is 20.2. The van der Waals surface area contributed by atoms with E-state index in [2.05, 4.69) is 32.2 Å². The molecule has 3 aliphatic carbocycles. The van der Waals surface area contributed by atoms with Gasteiger partial charge in [0.1, 0.15) is 114 Å². The number of hydrogen-bond acceptors (Lipinski definition) is 21. The minimum Gasteiger partial charge on any atom is -0.490 e. The van der Waals surface area contributed by atoms with Crippen LogP contribution in [0, 0.1) is 67.7 Å². The molecule has 8 aromatic heterocycles. The van der Waals surface area contributed by atoms with Crippen LogP contribution in [0.15, 0.2) is 73.8 Å². The number of carbonyl (C=O) groups excluding carboxylic acids is 4. The third-order valence-corrected chi connectivity index (χ3v) is 29.0. The molecule has 29 nitrogen and oxygen atoms in total. The lowest BCUT2D eigenvalue weighted by atomic mass is 9.63. The molecule has 11 heterocycles. The second kappa shape index (κ2) is 41.3. The predicted molar refractivity (Wildman–Crippen MR) is 531 cm³/mol. The minimum atomic E-state index is -0.791. The van der Waals surface area contributed by atoms with Crippen molar-refractivity contribution in [3.05, 3.63) is 208 Å². The molecule has 6 fully saturated rings. The molecule has 2 spiro atoms. The molecule has 12 aromatic rings. The third-order valence-electron chi connectivity index (χ3n) is 27.9. The molecule has 37 heteroatoms. The van der Waals surface area contributed by atoms with Gasteiger partial charge in [-0.3, -0.25) is 36.8 Å². The van der Waals surface area contributed by atoms with Crippen LogP contribution in [0.4, 0.5) is 40.8 Å². The Bertz CT molecular complexity index is 6690. The van der Waals surface area contributed by atoms with Crippen LogP contribution in [-0.2, 0) is 4.74 Å². The van der Waals surface area contributed by atoms with Crippen molar-refractivity contribution in [2.45, 2.75) is 261 Å². The second-order valence-electron chi connectivity index (χ2n) is 39.3. The lowest BCUT2D eigenvalue weighted by Gasteiger charge is -2.48. The highest BCUT2D eigenvalue weighted by atomic mass is 35.5. The number of amides is 4. The Morgan fingerprint density at radius 3 is 1.02 bits per heavy atom. The van der Waals surface area contributed by atoms with Crippen molar-refractivity contribution >= 4 is 115 Å². The normalized spacial score (nSPS) is 18.0. The summed E-state index contributed by atoms with van der Waals surface area (Å²) in [6.45, 7) is 35.4. The maximum atomic E-state index is 15.6. The van der Waals surface area contributed by atoms with Gasteiger partial charge in [0, 0.05) is 153 Å². The van der Waals surface area contributed by atoms with Gasteiger partial charge in [0.25, 0.3) is 23.6 Å². The number of rotatable bonds is 22. The van der Waals surface area contributed by atoms with Crippen LogP contribution in [0.2, 0.25) is 20.1 Å². The highest BCUT2D eigenvalue weighted by Gasteiger charge is 2.49. The van der Waals surface area contributed by atoms with E-state index in [9.17, 15) is 19.2 Å². The molecular formula is C102H124Cl4F4N20O9. The molecule has 4 amide bonds. The van der Waals surface area contributed by atoms with E-state index in [1.807, 2.05) is 128 Å². The lowest BCUT2D eigenvalue weighted by Crippen LogP contribution is -2.57. The summed E-state index contributed by atoms with van der Waals surface area (Å²) in [5.41, 5.74) is 32.5. The molecular weight excluding hydrogens is 1870 g/mol. The standard InChI is InChI=1S/C27H33ClFN5O2.C26H31ClFN5O2.C25H31ClFN5O3.C24H29ClFN5O2/c1-15(2)36-23-18(16(3)25-32-17(4)22-24(30)31-10-13-34(22)25)14-19(28)21(29)20(23)26(35)33-11-8-27(9-12-33)6-5-7-27;1-14(2)35-22-17(15(3)24-31-16(4)21-23(29)30-9-10-33(21)24)11-18(27)20(28)19(22)25(34)32-12-26(13-32)7-5-6-8-26;1-13(2)35-22-17(14(3)24-30-15(4)21-23(28)29-8-10-32(21)24)11-18(26)20(27)19(22)25(33)31-9-6-7-16(12-31)34-5;1-11(2)33-21-16(13(4)23-29-14(5)20-22(27)28-6-7-31(20)23)10-17(25)19(26)18(21)24(32)30-15-8-12(3)9-15/h10,13-16H,5-9,11-12H2,1-4H3,(H2,30,31);9-11,14-15H,5-8,12-13H2,1-4H3,(H2,29,30);8,10-11,13-14,16H,6-7,9,12H2,1-5H3,(H2,28,29);6-7,10-13,15H,8-9H2,1-5H3,(H2,27,28)(H,30,32). The fourth-order valence-corrected chi connectivity index (χ4v) is 21.5. The molecule has 4 aromatic carbocycles. The van der Waals surface area contributed by atoms with Crippen LogP contribution in [0.5, 0.6) is 23.0 Å². The Hall–Kier alpha value is -11.5. The quantitative estimate of drug-likeness (QED) is 0.0393. The number of methoxy groups -OCH3 is 1. The molecule has 139 heavy (non-hydrogen) atoms. The molecule has 0 bridgehead atoms. The van der Waals surface area contributed by atoms with E-state index in [1.165, 1.54) is 44.2 Å². The van der Waals surface area contributed by atoms with E-state index < -0.39 is 41.0 Å². The number of aromatic nitrogens is 12. The monoisotopic (exact) mass is 1990 g/mol. The average Bonchev–Trinajstić information content (AvgIpc) is 1.74. The first-order chi connectivity index (χ1) is 65.9. The number of ether oxygens (including phenoxy) is 5. The van der Waals surface area contributed by atoms with Crippen molar-refractivity contribution in [1.82, 2.24) is 77.5 Å². The van der Waals surface area contributed by atoms with E-state index in [1.54, 1.807) is 83.5 Å². The predicted octanol–water partition coefficient (Wildman–Crippen LogP) is 20.6. The van der Waals surface area contributed by atoms with Gasteiger partial charge in [-0.05, 0) is 183 Å². The Balaban J connectivity index is 0.000000140. The zero-order valence-corrected chi connectivity index (χ0v) is 85.0. The number of halogens is 8. The smallest absolute Gasteiger partial charge is 0.260 e. The van der Waals surface area contributed by atoms with E-state index >= 15 is 17.6 Å². The average molecular weight is 1990 g/mol. The van der Waals surface area contributed by atoms with Crippen molar-refractivity contribution < 1.29 is 60.4 Å². The van der Waals surface area contributed by atoms with Gasteiger partial charge in [0.15, 0.2) is 23.3 Å². The van der Waals surface area contributed by atoms with Crippen molar-refractivity contribution in [2.75, 3.05) is 69.3 Å². The molecule has 6 aliphatic rings. The summed E-state index contributed by atoms with van der Waals surface area (Å²) in [7, 11) is 1.62. The summed E-state index contributed by atoms with van der Waals surface area (Å²) >= 11 is 25.4. The highest BCUT2D eigenvalue weighted by molar-refractivity contribution is 6.32. The van der Waals surface area contributed by atoms with Gasteiger partial charge >= 0.3 is 0 Å². The van der Waals surface area contributed by atoms with E-state index in [0.29, 0.717) is 147 Å². The number of imidazole rings is 4. The van der Waals surface area contributed by atoms with E-state index in [-0.39, 0.29) is 137 Å². The Labute approximate surface area is 826 Å². The first-order valence-corrected chi connectivity index (χ1v) is 49.3. The summed E-state index contributed by atoms with van der Waals surface area (Å²) in [5.74, 6) is -0.803. The fraction of sp³-hybridized carbons (Fsp3) is 0.490. The van der Waals surface area contributed by atoms with Crippen LogP contribution >= 0.6 is 46.4 Å². The van der Waals surface area contributed by atoms with Gasteiger partial charge < -0.3 is 66.6 Å². The van der Waals surface area contributed by atoms with Crippen molar-refractivity contribution in [2.24, 2.45) is 16.7 Å². The minimum absolute atomic E-state index is 0.0213. The van der Waals surface area contributed by atoms with Gasteiger partial charge in [0.05, 0.1) is 73.4 Å². The number of fused-ring (bicyclic) bond motifs is 4. The molecule has 3 aliphatic heterocycles. The van der Waals surface area contributed by atoms with Gasteiger partial charge in [-0.15, -0.1) is 0 Å². The lowest BCUT2D eigenvalue weighted by molar-refractivity contribution is 0.00853. The topological polar surface area (TPSA) is 361 Å². The number of nitrogen functional groups attached to an aromatic ring is 4. The Kier molecular flexibility index (Phi) is 30.3. The zero-order chi connectivity index (χ0) is 100. The number of nitrogens with two attached hydrogens (primary N) is 4. The molecule has 18 rings (SSSR count). The van der Waals surface area contributed by atoms with Crippen LogP contribution < -0.4 is 47.2 Å². The largest absolute Gasteiger partial charge is 0.490 e. The first-order valence-electron chi connectivity index (χ1n) is 47.8. The van der Waals surface area contributed by atoms with Gasteiger partial charge in [-0.2, -0.15) is 0 Å². The van der Waals surface area contributed by atoms with Crippen molar-refractivity contribution in [3.8, 4) is 23.0 Å². The molecule has 5 unspecified atom stereocenters. The SMILES string of the molecule is COC1CCCN(C(=O)c2c(F)c(Cl)cc(C(C)c3nc(C)c4c(N)nccn34)c2OC(C)C)C1.Cc1nc(C(C)c2cc(Cl)c(F)c(C(=O)N3CC4(CCCC4)C3)c2OC(C)C)n2ccnc(N)c12.Cc1nc(C(C)c2cc(Cl)c(F)c(C(=O)N3CCC4(CCC4)CC3)c2OC(C)C)n2ccnc(N)c12.Cc1nc(C(C)c2cc(Cl)c(F)c(C(=O)NC3CC(C)C3)c2OC(C)C)n2ccnc(N)c12. The summed E-state index contributed by atoms with van der Waals surface area (Å²) < 4.78 is 99.2. The zero-order valence-electron chi connectivity index (χ0n) is 81.9. The summed E-state index contributed by atoms with van der Waals surface area (Å²) in [6.07, 6.45) is 25.9. The van der Waals surface area contributed by atoms with Crippen LogP contribution in [0.3, 0.4) is 0 Å². The summed E-state index contributed by atoms with van der Waals surface area (Å²) in [5, 5.41) is 2.42. The molecule has 3 saturated carbocycles. The van der Waals surface area contributed by atoms with Crippen LogP contribution in [0.1, 0.15) is 307 Å². The van der Waals surface area contributed by atoms with Crippen molar-refractivity contribution in [1.29, 1.82) is 0 Å². The molecule has 9 N–H and O–H groups in total.